The molecule has 1 saturated carbocycles. The fraction of sp³-hybridized carbons (Fsp3) is 0.625. The highest BCUT2D eigenvalue weighted by Crippen LogP contribution is 2.38. The number of likely N-dealkylation sites (tertiary alicyclic amines) is 1. The molecule has 0 bridgehead atoms. The maximum atomic E-state index is 10.8. The molecule has 5 nitrogen and oxygen atoms in total. The van der Waals surface area contributed by atoms with E-state index in [-0.39, 0.29) is 0 Å². The van der Waals surface area contributed by atoms with E-state index in [1.54, 1.807) is 18.3 Å². The minimum atomic E-state index is -0.841. The highest BCUT2D eigenvalue weighted by atomic mass is 16.3. The third-order valence-electron chi connectivity index (χ3n) is 4.92. The number of rotatable bonds is 2. The average Bonchev–Trinajstić information content (AvgIpc) is 2.94. The van der Waals surface area contributed by atoms with Gasteiger partial charge in [-0.3, -0.25) is 9.88 Å². The smallest absolute Gasteiger partial charge is 0.107 e. The number of nitrogens with two attached hydrogens (primary N) is 1. The van der Waals surface area contributed by atoms with Gasteiger partial charge in [0.15, 0.2) is 0 Å². The molecule has 1 saturated heterocycles. The molecular formula is C16H22N4O. The van der Waals surface area contributed by atoms with E-state index < -0.39 is 5.60 Å². The molecule has 112 valence electrons. The van der Waals surface area contributed by atoms with Crippen molar-refractivity contribution in [1.29, 1.82) is 5.26 Å². The van der Waals surface area contributed by atoms with Gasteiger partial charge < -0.3 is 10.8 Å². The summed E-state index contributed by atoms with van der Waals surface area (Å²) in [5.41, 5.74) is 6.36. The third-order valence-corrected chi connectivity index (χ3v) is 4.92. The van der Waals surface area contributed by atoms with Crippen molar-refractivity contribution >= 4 is 0 Å². The number of aromatic nitrogens is 1. The molecule has 1 aromatic rings. The van der Waals surface area contributed by atoms with E-state index in [0.717, 1.165) is 45.2 Å². The highest BCUT2D eigenvalue weighted by molar-refractivity contribution is 5.28. The molecule has 0 spiro atoms. The first-order chi connectivity index (χ1) is 10.1. The lowest BCUT2D eigenvalue weighted by Crippen LogP contribution is -2.42. The molecular weight excluding hydrogens is 264 g/mol. The van der Waals surface area contributed by atoms with Crippen molar-refractivity contribution in [2.45, 2.75) is 49.8 Å². The zero-order valence-electron chi connectivity index (χ0n) is 12.2. The summed E-state index contributed by atoms with van der Waals surface area (Å²) in [5.74, 6) is 0. The Labute approximate surface area is 125 Å². The molecule has 5 heteroatoms. The number of hydrogen-bond acceptors (Lipinski definition) is 5. The zero-order chi connectivity index (χ0) is 14.9. The predicted molar refractivity (Wildman–Crippen MR) is 79.3 cm³/mol. The minimum Gasteiger partial charge on any atom is -0.384 e. The van der Waals surface area contributed by atoms with Crippen LogP contribution in [0.4, 0.5) is 0 Å². The van der Waals surface area contributed by atoms with Gasteiger partial charge in [-0.15, -0.1) is 0 Å². The van der Waals surface area contributed by atoms with Gasteiger partial charge in [-0.1, -0.05) is 0 Å². The highest BCUT2D eigenvalue weighted by Gasteiger charge is 2.38. The molecule has 0 amide bonds. The van der Waals surface area contributed by atoms with Gasteiger partial charge in [0.1, 0.15) is 11.7 Å². The number of nitrogens with zero attached hydrogens (tertiary/aromatic N) is 3. The molecule has 2 aliphatic rings. The summed E-state index contributed by atoms with van der Waals surface area (Å²) in [6.07, 6.45) is 6.03. The van der Waals surface area contributed by atoms with Crippen LogP contribution in [0.5, 0.6) is 0 Å². The van der Waals surface area contributed by atoms with Crippen LogP contribution in [-0.4, -0.2) is 40.2 Å². The second kappa shape index (κ2) is 5.72. The van der Waals surface area contributed by atoms with E-state index in [2.05, 4.69) is 16.0 Å². The van der Waals surface area contributed by atoms with E-state index in [1.807, 2.05) is 0 Å². The van der Waals surface area contributed by atoms with Crippen LogP contribution in [0.2, 0.25) is 0 Å². The van der Waals surface area contributed by atoms with Crippen molar-refractivity contribution in [1.82, 2.24) is 9.88 Å². The summed E-state index contributed by atoms with van der Waals surface area (Å²) in [6.45, 7) is 2.07. The summed E-state index contributed by atoms with van der Waals surface area (Å²) in [6, 6.07) is 6.42. The summed E-state index contributed by atoms with van der Waals surface area (Å²) >= 11 is 0. The first-order valence-electron chi connectivity index (χ1n) is 7.69. The Morgan fingerprint density at radius 3 is 2.62 bits per heavy atom. The van der Waals surface area contributed by atoms with Crippen molar-refractivity contribution in [2.75, 3.05) is 13.1 Å². The first-order valence-corrected chi connectivity index (χ1v) is 7.69. The molecule has 0 aromatic carbocycles. The Kier molecular flexibility index (Phi) is 3.94. The van der Waals surface area contributed by atoms with Crippen LogP contribution in [-0.2, 0) is 5.60 Å². The SMILES string of the molecule is N#Cc1ccc(C2(O)CCC(N3CC[C@@H](N)C3)CC2)nc1. The number of aliphatic hydroxyl groups is 1. The van der Waals surface area contributed by atoms with Gasteiger partial charge in [-0.25, -0.2) is 0 Å². The van der Waals surface area contributed by atoms with Gasteiger partial charge in [-0.05, 0) is 44.2 Å². The summed E-state index contributed by atoms with van der Waals surface area (Å²) in [4.78, 5) is 6.74. The molecule has 0 radical (unpaired) electrons. The first kappa shape index (κ1) is 14.5. The second-order valence-corrected chi connectivity index (χ2v) is 6.35. The van der Waals surface area contributed by atoms with Gasteiger partial charge in [0, 0.05) is 31.4 Å². The van der Waals surface area contributed by atoms with Crippen molar-refractivity contribution in [3.8, 4) is 6.07 Å². The summed E-state index contributed by atoms with van der Waals surface area (Å²) in [7, 11) is 0. The van der Waals surface area contributed by atoms with Crippen molar-refractivity contribution in [2.24, 2.45) is 5.73 Å². The molecule has 21 heavy (non-hydrogen) atoms. The standard InChI is InChI=1S/C16H22N4O/c17-9-12-1-2-15(19-10-12)16(21)6-3-14(4-7-16)20-8-5-13(18)11-20/h1-2,10,13-14,21H,3-8,11,18H2/t13-,14?,16?/m1/s1. The Morgan fingerprint density at radius 2 is 2.10 bits per heavy atom. The molecule has 1 atom stereocenters. The van der Waals surface area contributed by atoms with Crippen LogP contribution in [0.25, 0.3) is 0 Å². The molecule has 1 aliphatic heterocycles. The topological polar surface area (TPSA) is 86.2 Å². The van der Waals surface area contributed by atoms with E-state index in [0.29, 0.717) is 23.3 Å². The van der Waals surface area contributed by atoms with Gasteiger partial charge in [0.25, 0.3) is 0 Å². The summed E-state index contributed by atoms with van der Waals surface area (Å²) < 4.78 is 0. The molecule has 3 N–H and O–H groups in total. The van der Waals surface area contributed by atoms with Crippen LogP contribution in [0.3, 0.4) is 0 Å². The van der Waals surface area contributed by atoms with Crippen LogP contribution in [0.1, 0.15) is 43.4 Å². The van der Waals surface area contributed by atoms with Crippen LogP contribution in [0, 0.1) is 11.3 Å². The van der Waals surface area contributed by atoms with Crippen LogP contribution in [0.15, 0.2) is 18.3 Å². The van der Waals surface area contributed by atoms with Gasteiger partial charge >= 0.3 is 0 Å². The number of nitriles is 1. The average molecular weight is 286 g/mol. The lowest BCUT2D eigenvalue weighted by Gasteiger charge is -2.39. The Bertz CT molecular complexity index is 528. The molecule has 1 aliphatic carbocycles. The fourth-order valence-electron chi connectivity index (χ4n) is 3.58. The van der Waals surface area contributed by atoms with Crippen molar-refractivity contribution in [3.63, 3.8) is 0 Å². The van der Waals surface area contributed by atoms with E-state index in [9.17, 15) is 5.11 Å². The lowest BCUT2D eigenvalue weighted by molar-refractivity contribution is -0.0256. The minimum absolute atomic E-state index is 0.311. The van der Waals surface area contributed by atoms with Crippen LogP contribution >= 0.6 is 0 Å². The lowest BCUT2D eigenvalue weighted by atomic mass is 9.79. The Balaban J connectivity index is 1.64. The zero-order valence-corrected chi connectivity index (χ0v) is 12.2. The molecule has 3 rings (SSSR count). The van der Waals surface area contributed by atoms with E-state index in [4.69, 9.17) is 11.0 Å². The third kappa shape index (κ3) is 2.93. The van der Waals surface area contributed by atoms with E-state index >= 15 is 0 Å². The second-order valence-electron chi connectivity index (χ2n) is 6.35. The number of hydrogen-bond donors (Lipinski definition) is 2. The van der Waals surface area contributed by atoms with Crippen molar-refractivity contribution in [3.05, 3.63) is 29.6 Å². The molecule has 1 aromatic heterocycles. The fourth-order valence-corrected chi connectivity index (χ4v) is 3.58. The maximum Gasteiger partial charge on any atom is 0.107 e. The van der Waals surface area contributed by atoms with Crippen LogP contribution < -0.4 is 5.73 Å². The summed E-state index contributed by atoms with van der Waals surface area (Å²) in [5, 5.41) is 19.6. The normalized spacial score (nSPS) is 33.8. The van der Waals surface area contributed by atoms with Gasteiger partial charge in [-0.2, -0.15) is 5.26 Å². The van der Waals surface area contributed by atoms with E-state index in [1.165, 1.54) is 0 Å². The van der Waals surface area contributed by atoms with Gasteiger partial charge in [0.2, 0.25) is 0 Å². The molecule has 2 heterocycles. The van der Waals surface area contributed by atoms with Gasteiger partial charge in [0.05, 0.1) is 11.3 Å². The monoisotopic (exact) mass is 286 g/mol. The van der Waals surface area contributed by atoms with Crippen molar-refractivity contribution < 1.29 is 5.11 Å². The molecule has 2 fully saturated rings. The Hall–Kier alpha value is -1.48. The largest absolute Gasteiger partial charge is 0.384 e. The Morgan fingerprint density at radius 1 is 1.33 bits per heavy atom. The maximum absolute atomic E-state index is 10.8. The quantitative estimate of drug-likeness (QED) is 0.850. The predicted octanol–water partition coefficient (Wildman–Crippen LogP) is 1.12. The molecule has 0 unspecified atom stereocenters. The number of pyridine rings is 1.